The number of carboxylic acids is 1. The molecule has 1 aromatic heterocycles. The monoisotopic (exact) mass is 575 g/mol. The lowest BCUT2D eigenvalue weighted by Gasteiger charge is -2.12. The standard InChI is InChI=1S/C29H22ClN3O4S2/c30-22-10-6-19(7-11-22)18-37-24-12-8-20(9-13-24)27-21(17-33(31-27)23-4-2-1-3-5-23)16-25-28(36)32(29(38)39-25)15-14-26(34)35/h1-13,16-17H,14-15,18H2,(H,34,35)/b25-16-. The summed E-state index contributed by atoms with van der Waals surface area (Å²) in [6.07, 6.45) is 3.44. The van der Waals surface area contributed by atoms with Crippen molar-refractivity contribution in [2.24, 2.45) is 0 Å². The van der Waals surface area contributed by atoms with Crippen LogP contribution in [0.3, 0.4) is 0 Å². The van der Waals surface area contributed by atoms with E-state index in [4.69, 9.17) is 38.8 Å². The van der Waals surface area contributed by atoms with Gasteiger partial charge in [-0.3, -0.25) is 14.5 Å². The highest BCUT2D eigenvalue weighted by atomic mass is 35.5. The first-order valence-corrected chi connectivity index (χ1v) is 13.6. The number of thioether (sulfide) groups is 1. The van der Waals surface area contributed by atoms with E-state index in [0.29, 0.717) is 32.3 Å². The summed E-state index contributed by atoms with van der Waals surface area (Å²) in [6.45, 7) is 0.444. The minimum atomic E-state index is -0.986. The fraction of sp³-hybridized carbons (Fsp3) is 0.103. The molecule has 5 rings (SSSR count). The zero-order valence-electron chi connectivity index (χ0n) is 20.5. The lowest BCUT2D eigenvalue weighted by Crippen LogP contribution is -2.30. The van der Waals surface area contributed by atoms with Crippen LogP contribution >= 0.6 is 35.6 Å². The Hall–Kier alpha value is -3.92. The largest absolute Gasteiger partial charge is 0.489 e. The van der Waals surface area contributed by atoms with E-state index in [9.17, 15) is 9.59 Å². The molecule has 3 aromatic carbocycles. The molecule has 1 aliphatic heterocycles. The summed E-state index contributed by atoms with van der Waals surface area (Å²) in [4.78, 5) is 25.8. The van der Waals surface area contributed by atoms with Crippen molar-refractivity contribution >= 4 is 57.9 Å². The molecule has 0 unspecified atom stereocenters. The van der Waals surface area contributed by atoms with E-state index in [2.05, 4.69) is 0 Å². The van der Waals surface area contributed by atoms with E-state index >= 15 is 0 Å². The van der Waals surface area contributed by atoms with Crippen molar-refractivity contribution in [3.8, 4) is 22.7 Å². The van der Waals surface area contributed by atoms with Gasteiger partial charge in [-0.05, 0) is 60.2 Å². The molecule has 1 aliphatic rings. The lowest BCUT2D eigenvalue weighted by atomic mass is 10.1. The number of amides is 1. The highest BCUT2D eigenvalue weighted by Crippen LogP contribution is 2.35. The lowest BCUT2D eigenvalue weighted by molar-refractivity contribution is -0.137. The molecular formula is C29H22ClN3O4S2. The van der Waals surface area contributed by atoms with Crippen molar-refractivity contribution in [3.05, 3.63) is 106 Å². The molecule has 0 atom stereocenters. The summed E-state index contributed by atoms with van der Waals surface area (Å²) in [7, 11) is 0. The van der Waals surface area contributed by atoms with Crippen LogP contribution in [-0.4, -0.2) is 42.5 Å². The van der Waals surface area contributed by atoms with Crippen LogP contribution in [0.2, 0.25) is 5.02 Å². The molecule has 0 spiro atoms. The summed E-state index contributed by atoms with van der Waals surface area (Å²) in [5.41, 5.74) is 4.13. The van der Waals surface area contributed by atoms with Crippen molar-refractivity contribution in [2.45, 2.75) is 13.0 Å². The highest BCUT2D eigenvalue weighted by Gasteiger charge is 2.32. The Bertz CT molecular complexity index is 1550. The first kappa shape index (κ1) is 26.7. The molecule has 7 nitrogen and oxygen atoms in total. The van der Waals surface area contributed by atoms with E-state index in [1.165, 1.54) is 4.90 Å². The first-order chi connectivity index (χ1) is 18.9. The third-order valence-corrected chi connectivity index (χ3v) is 7.55. The number of carbonyl (C=O) groups is 2. The second-order valence-corrected chi connectivity index (χ2v) is 10.7. The SMILES string of the molecule is O=C(O)CCN1C(=O)/C(=C/c2cn(-c3ccccc3)nc2-c2ccc(OCc3ccc(Cl)cc3)cc2)SC1=S. The first-order valence-electron chi connectivity index (χ1n) is 12.0. The Labute approximate surface area is 239 Å². The number of thiocarbonyl (C=S) groups is 1. The Morgan fingerprint density at radius 2 is 1.77 bits per heavy atom. The van der Waals surface area contributed by atoms with E-state index < -0.39 is 5.97 Å². The number of carboxylic acid groups (broad SMARTS) is 1. The van der Waals surface area contributed by atoms with Crippen LogP contribution < -0.4 is 4.74 Å². The van der Waals surface area contributed by atoms with Gasteiger partial charge in [-0.1, -0.05) is 65.9 Å². The highest BCUT2D eigenvalue weighted by molar-refractivity contribution is 8.26. The van der Waals surface area contributed by atoms with Gasteiger partial charge in [0.1, 0.15) is 16.7 Å². The average molecular weight is 576 g/mol. The zero-order chi connectivity index (χ0) is 27.4. The fourth-order valence-electron chi connectivity index (χ4n) is 3.93. The van der Waals surface area contributed by atoms with Crippen LogP contribution in [0.1, 0.15) is 17.5 Å². The van der Waals surface area contributed by atoms with Gasteiger partial charge >= 0.3 is 5.97 Å². The van der Waals surface area contributed by atoms with Gasteiger partial charge in [0.2, 0.25) is 0 Å². The quantitative estimate of drug-likeness (QED) is 0.181. The molecule has 1 fully saturated rings. The van der Waals surface area contributed by atoms with Crippen LogP contribution in [0.15, 0.2) is 90.0 Å². The fourth-order valence-corrected chi connectivity index (χ4v) is 5.35. The topological polar surface area (TPSA) is 84.7 Å². The van der Waals surface area contributed by atoms with Gasteiger partial charge in [0.15, 0.2) is 0 Å². The minimum Gasteiger partial charge on any atom is -0.489 e. The maximum atomic E-state index is 13.0. The number of hydrogen-bond acceptors (Lipinski definition) is 6. The van der Waals surface area contributed by atoms with Gasteiger partial charge in [0.05, 0.1) is 22.7 Å². The van der Waals surface area contributed by atoms with Gasteiger partial charge in [-0.2, -0.15) is 5.10 Å². The normalized spacial score (nSPS) is 14.3. The van der Waals surface area contributed by atoms with Gasteiger partial charge in [0.25, 0.3) is 5.91 Å². The summed E-state index contributed by atoms with van der Waals surface area (Å²) in [5, 5.41) is 14.5. The predicted octanol–water partition coefficient (Wildman–Crippen LogP) is 6.45. The minimum absolute atomic E-state index is 0.0327. The van der Waals surface area contributed by atoms with Crippen molar-refractivity contribution < 1.29 is 19.4 Å². The van der Waals surface area contributed by atoms with Crippen molar-refractivity contribution in [1.82, 2.24) is 14.7 Å². The van der Waals surface area contributed by atoms with Gasteiger partial charge in [-0.15, -0.1) is 0 Å². The van der Waals surface area contributed by atoms with Crippen LogP contribution in [0.25, 0.3) is 23.0 Å². The molecule has 1 saturated heterocycles. The van der Waals surface area contributed by atoms with Crippen molar-refractivity contribution in [2.75, 3.05) is 6.54 Å². The molecular weight excluding hydrogens is 554 g/mol. The van der Waals surface area contributed by atoms with Crippen LogP contribution in [0.4, 0.5) is 0 Å². The van der Waals surface area contributed by atoms with E-state index in [-0.39, 0.29) is 18.9 Å². The molecule has 10 heteroatoms. The number of carbonyl (C=O) groups excluding carboxylic acids is 1. The summed E-state index contributed by atoms with van der Waals surface area (Å²) < 4.78 is 8.02. The number of aliphatic carboxylic acids is 1. The van der Waals surface area contributed by atoms with Crippen molar-refractivity contribution in [1.29, 1.82) is 0 Å². The zero-order valence-corrected chi connectivity index (χ0v) is 22.9. The third kappa shape index (κ3) is 6.39. The number of benzene rings is 3. The Balaban J connectivity index is 1.43. The molecule has 196 valence electrons. The third-order valence-electron chi connectivity index (χ3n) is 5.92. The summed E-state index contributed by atoms with van der Waals surface area (Å²) in [5.74, 6) is -0.590. The van der Waals surface area contributed by atoms with Gasteiger partial charge in [-0.25, -0.2) is 4.68 Å². The number of halogens is 1. The maximum Gasteiger partial charge on any atom is 0.305 e. The number of ether oxygens (including phenoxy) is 1. The Kier molecular flexibility index (Phi) is 8.11. The van der Waals surface area contributed by atoms with Gasteiger partial charge in [0, 0.05) is 28.9 Å². The molecule has 1 N–H and O–H groups in total. The van der Waals surface area contributed by atoms with E-state index in [1.807, 2.05) is 85.1 Å². The number of aromatic nitrogens is 2. The van der Waals surface area contributed by atoms with Crippen LogP contribution in [0, 0.1) is 0 Å². The molecule has 0 aliphatic carbocycles. The Morgan fingerprint density at radius 1 is 1.05 bits per heavy atom. The molecule has 2 heterocycles. The average Bonchev–Trinajstić information content (AvgIpc) is 3.48. The molecule has 0 radical (unpaired) electrons. The molecule has 1 amide bonds. The second-order valence-electron chi connectivity index (χ2n) is 8.63. The molecule has 4 aromatic rings. The summed E-state index contributed by atoms with van der Waals surface area (Å²) in [6, 6.07) is 24.8. The summed E-state index contributed by atoms with van der Waals surface area (Å²) >= 11 is 12.5. The maximum absolute atomic E-state index is 13.0. The molecule has 39 heavy (non-hydrogen) atoms. The molecule has 0 saturated carbocycles. The Morgan fingerprint density at radius 3 is 2.46 bits per heavy atom. The van der Waals surface area contributed by atoms with Crippen LogP contribution in [-0.2, 0) is 16.2 Å². The van der Waals surface area contributed by atoms with Crippen molar-refractivity contribution in [3.63, 3.8) is 0 Å². The number of para-hydroxylation sites is 1. The second kappa shape index (κ2) is 11.9. The van der Waals surface area contributed by atoms with E-state index in [0.717, 1.165) is 34.1 Å². The predicted molar refractivity (Wildman–Crippen MR) is 157 cm³/mol. The van der Waals surface area contributed by atoms with E-state index in [1.54, 1.807) is 10.8 Å². The van der Waals surface area contributed by atoms with Crippen LogP contribution in [0.5, 0.6) is 5.75 Å². The smallest absolute Gasteiger partial charge is 0.305 e. The number of rotatable bonds is 9. The van der Waals surface area contributed by atoms with Gasteiger partial charge < -0.3 is 9.84 Å². The number of hydrogen-bond donors (Lipinski definition) is 1. The number of nitrogens with zero attached hydrogens (tertiary/aromatic N) is 3. The molecule has 0 bridgehead atoms.